The number of hydrogen-bond acceptors (Lipinski definition) is 7. The lowest BCUT2D eigenvalue weighted by atomic mass is 10.0. The lowest BCUT2D eigenvalue weighted by molar-refractivity contribution is -0.113. The summed E-state index contributed by atoms with van der Waals surface area (Å²) in [7, 11) is 0. The van der Waals surface area contributed by atoms with Crippen LogP contribution in [0.3, 0.4) is 0 Å². The summed E-state index contributed by atoms with van der Waals surface area (Å²) in [6.45, 7) is 1.89. The van der Waals surface area contributed by atoms with Gasteiger partial charge in [-0.3, -0.25) is 4.79 Å². The monoisotopic (exact) mass is 419 g/mol. The molecule has 0 fully saturated rings. The second kappa shape index (κ2) is 8.93. The number of carbonyl (C=O) groups is 1. The molecule has 2 aromatic carbocycles. The summed E-state index contributed by atoms with van der Waals surface area (Å²) in [4.78, 5) is 21.1. The summed E-state index contributed by atoms with van der Waals surface area (Å²) >= 11 is 2.65. The molecule has 0 saturated heterocycles. The molecule has 1 N–H and O–H groups in total. The molecule has 0 spiro atoms. The van der Waals surface area contributed by atoms with Crippen molar-refractivity contribution in [3.8, 4) is 22.5 Å². The van der Waals surface area contributed by atoms with Crippen molar-refractivity contribution in [2.45, 2.75) is 12.1 Å². The number of carbonyl (C=O) groups excluding carboxylic acids is 1. The maximum Gasteiger partial charge on any atom is 0.236 e. The van der Waals surface area contributed by atoms with Gasteiger partial charge < -0.3 is 5.32 Å². The number of aromatic nitrogens is 4. The number of thioether (sulfide) groups is 1. The first-order chi connectivity index (χ1) is 14.2. The van der Waals surface area contributed by atoms with E-state index in [4.69, 9.17) is 4.98 Å². The quantitative estimate of drug-likeness (QED) is 0.456. The molecule has 0 bridgehead atoms. The summed E-state index contributed by atoms with van der Waals surface area (Å²) in [5.74, 6) is 0.0283. The van der Waals surface area contributed by atoms with Crippen LogP contribution >= 0.6 is 23.1 Å². The van der Waals surface area contributed by atoms with Gasteiger partial charge in [-0.2, -0.15) is 0 Å². The van der Waals surface area contributed by atoms with Crippen molar-refractivity contribution in [3.05, 3.63) is 71.7 Å². The van der Waals surface area contributed by atoms with Gasteiger partial charge in [0.05, 0.1) is 11.4 Å². The summed E-state index contributed by atoms with van der Waals surface area (Å²) in [6, 6.07) is 19.7. The molecular weight excluding hydrogens is 402 g/mol. The van der Waals surface area contributed by atoms with Crippen LogP contribution in [0.2, 0.25) is 0 Å². The van der Waals surface area contributed by atoms with Crippen molar-refractivity contribution in [1.82, 2.24) is 20.2 Å². The molecule has 0 aliphatic heterocycles. The molecule has 144 valence electrons. The van der Waals surface area contributed by atoms with E-state index in [1.165, 1.54) is 23.1 Å². The third-order valence-corrected chi connectivity index (χ3v) is 5.67. The topological polar surface area (TPSA) is 80.7 Å². The Kier molecular flexibility index (Phi) is 5.92. The molecule has 6 nitrogen and oxygen atoms in total. The van der Waals surface area contributed by atoms with Gasteiger partial charge in [0.2, 0.25) is 11.1 Å². The van der Waals surface area contributed by atoms with Crippen molar-refractivity contribution in [3.63, 3.8) is 0 Å². The molecule has 2 aromatic heterocycles. The molecule has 0 aliphatic rings. The molecular formula is C21H17N5OS2. The number of benzene rings is 2. The van der Waals surface area contributed by atoms with Crippen molar-refractivity contribution >= 4 is 34.1 Å². The zero-order chi connectivity index (χ0) is 20.1. The predicted molar refractivity (Wildman–Crippen MR) is 117 cm³/mol. The molecule has 4 rings (SSSR count). The number of nitrogens with zero attached hydrogens (tertiary/aromatic N) is 4. The largest absolute Gasteiger partial charge is 0.301 e. The number of aryl methyl sites for hydroxylation is 1. The van der Waals surface area contributed by atoms with Gasteiger partial charge in [-0.1, -0.05) is 72.4 Å². The van der Waals surface area contributed by atoms with E-state index >= 15 is 0 Å². The van der Waals surface area contributed by atoms with E-state index in [9.17, 15) is 4.79 Å². The smallest absolute Gasteiger partial charge is 0.236 e. The fourth-order valence-corrected chi connectivity index (χ4v) is 3.95. The van der Waals surface area contributed by atoms with Crippen LogP contribution < -0.4 is 5.32 Å². The van der Waals surface area contributed by atoms with E-state index in [-0.39, 0.29) is 11.7 Å². The maximum absolute atomic E-state index is 12.2. The molecule has 0 unspecified atom stereocenters. The minimum absolute atomic E-state index is 0.152. The van der Waals surface area contributed by atoms with Gasteiger partial charge in [0.15, 0.2) is 5.13 Å². The molecule has 1 amide bonds. The molecule has 8 heteroatoms. The van der Waals surface area contributed by atoms with E-state index in [0.717, 1.165) is 22.5 Å². The highest BCUT2D eigenvalue weighted by Gasteiger charge is 2.15. The summed E-state index contributed by atoms with van der Waals surface area (Å²) < 4.78 is 0. The third kappa shape index (κ3) is 4.85. The first-order valence-corrected chi connectivity index (χ1v) is 10.8. The van der Waals surface area contributed by atoms with Gasteiger partial charge in [0.25, 0.3) is 0 Å². The lowest BCUT2D eigenvalue weighted by Crippen LogP contribution is -2.14. The maximum atomic E-state index is 12.2. The molecule has 4 aromatic rings. The van der Waals surface area contributed by atoms with Crippen LogP contribution in [0.15, 0.2) is 71.2 Å². The first kappa shape index (κ1) is 19.2. The Bertz CT molecular complexity index is 1120. The van der Waals surface area contributed by atoms with Gasteiger partial charge in [0, 0.05) is 16.5 Å². The Balaban J connectivity index is 1.56. The highest BCUT2D eigenvalue weighted by molar-refractivity contribution is 7.99. The number of amides is 1. The van der Waals surface area contributed by atoms with Crippen LogP contribution in [0.5, 0.6) is 0 Å². The van der Waals surface area contributed by atoms with Crippen molar-refractivity contribution in [1.29, 1.82) is 0 Å². The van der Waals surface area contributed by atoms with Crippen LogP contribution in [-0.4, -0.2) is 31.8 Å². The number of anilines is 1. The third-order valence-electron chi connectivity index (χ3n) is 3.96. The molecule has 29 heavy (non-hydrogen) atoms. The molecule has 2 heterocycles. The van der Waals surface area contributed by atoms with Crippen LogP contribution in [0.4, 0.5) is 5.13 Å². The number of hydrogen-bond donors (Lipinski definition) is 1. The minimum atomic E-state index is -0.152. The van der Waals surface area contributed by atoms with Crippen LogP contribution in [-0.2, 0) is 4.79 Å². The number of rotatable bonds is 6. The van der Waals surface area contributed by atoms with Crippen LogP contribution in [0.25, 0.3) is 22.5 Å². The summed E-state index contributed by atoms with van der Waals surface area (Å²) in [6.07, 6.45) is 0. The molecule has 0 saturated carbocycles. The van der Waals surface area contributed by atoms with E-state index < -0.39 is 0 Å². The van der Waals surface area contributed by atoms with Crippen LogP contribution in [0, 0.1) is 6.92 Å². The molecule has 0 radical (unpaired) electrons. The average molecular weight is 420 g/mol. The summed E-state index contributed by atoms with van der Waals surface area (Å²) in [5.41, 5.74) is 4.23. The average Bonchev–Trinajstić information content (AvgIpc) is 3.18. The van der Waals surface area contributed by atoms with Gasteiger partial charge in [0.1, 0.15) is 11.4 Å². The van der Waals surface area contributed by atoms with Crippen molar-refractivity contribution < 1.29 is 4.79 Å². The second-order valence-electron chi connectivity index (χ2n) is 6.15. The Morgan fingerprint density at radius 2 is 1.59 bits per heavy atom. The Labute approximate surface area is 176 Å². The zero-order valence-corrected chi connectivity index (χ0v) is 17.2. The van der Waals surface area contributed by atoms with Crippen molar-refractivity contribution in [2.75, 3.05) is 11.1 Å². The fourth-order valence-electron chi connectivity index (χ4n) is 2.66. The first-order valence-electron chi connectivity index (χ1n) is 8.89. The van der Waals surface area contributed by atoms with E-state index in [2.05, 4.69) is 20.5 Å². The number of thiazole rings is 1. The zero-order valence-electron chi connectivity index (χ0n) is 15.6. The summed E-state index contributed by atoms with van der Waals surface area (Å²) in [5, 5.41) is 14.4. The molecule has 0 aliphatic carbocycles. The van der Waals surface area contributed by atoms with Gasteiger partial charge in [-0.15, -0.1) is 21.5 Å². The normalized spacial score (nSPS) is 10.7. The minimum Gasteiger partial charge on any atom is -0.301 e. The molecule has 0 atom stereocenters. The van der Waals surface area contributed by atoms with Crippen molar-refractivity contribution in [2.24, 2.45) is 0 Å². The van der Waals surface area contributed by atoms with E-state index in [1.807, 2.05) is 73.0 Å². The van der Waals surface area contributed by atoms with Gasteiger partial charge >= 0.3 is 0 Å². The highest BCUT2D eigenvalue weighted by Crippen LogP contribution is 2.29. The van der Waals surface area contributed by atoms with Gasteiger partial charge in [-0.25, -0.2) is 9.97 Å². The van der Waals surface area contributed by atoms with E-state index in [1.54, 1.807) is 0 Å². The lowest BCUT2D eigenvalue weighted by Gasteiger charge is -2.09. The highest BCUT2D eigenvalue weighted by atomic mass is 32.2. The van der Waals surface area contributed by atoms with Crippen LogP contribution in [0.1, 0.15) is 5.69 Å². The van der Waals surface area contributed by atoms with E-state index in [0.29, 0.717) is 16.0 Å². The van der Waals surface area contributed by atoms with Gasteiger partial charge in [-0.05, 0) is 6.92 Å². The Hall–Kier alpha value is -3.10. The predicted octanol–water partition coefficient (Wildman–Crippen LogP) is 4.70. The second-order valence-corrected chi connectivity index (χ2v) is 7.96. The Morgan fingerprint density at radius 1 is 0.931 bits per heavy atom. The SMILES string of the molecule is Cc1csc(NC(=O)CSc2nnc(-c3ccccc3)c(-c3ccccc3)n2)n1. The fraction of sp³-hybridized carbons (Fsp3) is 0.0952. The number of nitrogens with one attached hydrogen (secondary N) is 1. The standard InChI is InChI=1S/C21H17N5OS2/c1-14-12-28-20(22-14)23-17(27)13-29-21-24-18(15-8-4-2-5-9-15)19(25-26-21)16-10-6-3-7-11-16/h2-12H,13H2,1H3,(H,22,23,27). The Morgan fingerprint density at radius 3 is 2.21 bits per heavy atom.